The Bertz CT molecular complexity index is 1000. The molecular formula is C25H28N2O2. The Labute approximate surface area is 172 Å². The summed E-state index contributed by atoms with van der Waals surface area (Å²) in [7, 11) is 1.69. The molecular weight excluding hydrogens is 360 g/mol. The number of nitrogens with zero attached hydrogens (tertiary/aromatic N) is 2. The van der Waals surface area contributed by atoms with Crippen LogP contribution in [0.5, 0.6) is 5.75 Å². The molecule has 29 heavy (non-hydrogen) atoms. The SMILES string of the molecule is CCC1=C(c2ncc(-c3ccc(OC)c(C)c3)o2)CN(Cc2ccccc2)CC1. The number of ether oxygens (including phenoxy) is 1. The average Bonchev–Trinajstić information content (AvgIpc) is 3.24. The molecule has 0 fully saturated rings. The molecule has 0 unspecified atom stereocenters. The molecule has 0 saturated carbocycles. The van der Waals surface area contributed by atoms with Crippen molar-refractivity contribution in [3.8, 4) is 17.1 Å². The summed E-state index contributed by atoms with van der Waals surface area (Å²) in [5.74, 6) is 2.44. The number of benzene rings is 2. The van der Waals surface area contributed by atoms with Crippen LogP contribution < -0.4 is 4.74 Å². The summed E-state index contributed by atoms with van der Waals surface area (Å²) < 4.78 is 11.6. The zero-order chi connectivity index (χ0) is 20.2. The van der Waals surface area contributed by atoms with E-state index in [1.165, 1.54) is 16.7 Å². The van der Waals surface area contributed by atoms with Crippen molar-refractivity contribution in [2.75, 3.05) is 20.2 Å². The molecule has 0 saturated heterocycles. The largest absolute Gasteiger partial charge is 0.496 e. The van der Waals surface area contributed by atoms with Gasteiger partial charge >= 0.3 is 0 Å². The number of hydrogen-bond acceptors (Lipinski definition) is 4. The lowest BCUT2D eigenvalue weighted by atomic mass is 9.97. The van der Waals surface area contributed by atoms with E-state index in [-0.39, 0.29) is 0 Å². The van der Waals surface area contributed by atoms with Crippen molar-refractivity contribution in [2.45, 2.75) is 33.2 Å². The maximum atomic E-state index is 6.23. The van der Waals surface area contributed by atoms with E-state index in [2.05, 4.69) is 53.2 Å². The van der Waals surface area contributed by atoms with Gasteiger partial charge in [0.15, 0.2) is 5.76 Å². The first-order chi connectivity index (χ1) is 14.2. The number of rotatable bonds is 6. The van der Waals surface area contributed by atoms with Crippen LogP contribution in [0.1, 0.15) is 36.8 Å². The summed E-state index contributed by atoms with van der Waals surface area (Å²) in [6.07, 6.45) is 3.94. The monoisotopic (exact) mass is 388 g/mol. The van der Waals surface area contributed by atoms with Crippen LogP contribution in [0.4, 0.5) is 0 Å². The molecule has 0 spiro atoms. The van der Waals surface area contributed by atoms with E-state index in [0.717, 1.165) is 61.0 Å². The molecule has 0 aliphatic carbocycles. The smallest absolute Gasteiger partial charge is 0.223 e. The molecule has 0 bridgehead atoms. The second-order valence-electron chi connectivity index (χ2n) is 7.60. The summed E-state index contributed by atoms with van der Waals surface area (Å²) in [4.78, 5) is 7.12. The highest BCUT2D eigenvalue weighted by atomic mass is 16.5. The van der Waals surface area contributed by atoms with Gasteiger partial charge in [-0.05, 0) is 49.1 Å². The molecule has 0 amide bonds. The Morgan fingerprint density at radius 2 is 1.97 bits per heavy atom. The fraction of sp³-hybridized carbons (Fsp3) is 0.320. The molecule has 0 radical (unpaired) electrons. The summed E-state index contributed by atoms with van der Waals surface area (Å²) in [6.45, 7) is 7.16. The number of hydrogen-bond donors (Lipinski definition) is 0. The first-order valence-corrected chi connectivity index (χ1v) is 10.3. The van der Waals surface area contributed by atoms with E-state index in [1.807, 2.05) is 25.3 Å². The summed E-state index contributed by atoms with van der Waals surface area (Å²) in [6, 6.07) is 16.7. The van der Waals surface area contributed by atoms with Gasteiger partial charge in [-0.2, -0.15) is 0 Å². The van der Waals surface area contributed by atoms with E-state index >= 15 is 0 Å². The van der Waals surface area contributed by atoms with Gasteiger partial charge in [0, 0.05) is 30.8 Å². The predicted molar refractivity (Wildman–Crippen MR) is 117 cm³/mol. The van der Waals surface area contributed by atoms with Crippen LogP contribution in [0.2, 0.25) is 0 Å². The van der Waals surface area contributed by atoms with Crippen molar-refractivity contribution in [2.24, 2.45) is 0 Å². The van der Waals surface area contributed by atoms with Gasteiger partial charge in [0.2, 0.25) is 5.89 Å². The standard InChI is InChI=1S/C25H28N2O2/c1-4-20-12-13-27(16-19-8-6-5-7-9-19)17-22(20)25-26-15-24(29-25)21-10-11-23(28-3)18(2)14-21/h5-11,14-15H,4,12-13,16-17H2,1-3H3. The van der Waals surface area contributed by atoms with Gasteiger partial charge < -0.3 is 9.15 Å². The van der Waals surface area contributed by atoms with Gasteiger partial charge in [0.05, 0.1) is 13.3 Å². The maximum Gasteiger partial charge on any atom is 0.223 e. The van der Waals surface area contributed by atoms with Crippen molar-refractivity contribution >= 4 is 5.57 Å². The highest BCUT2D eigenvalue weighted by molar-refractivity contribution is 5.67. The molecule has 4 nitrogen and oxygen atoms in total. The lowest BCUT2D eigenvalue weighted by Gasteiger charge is -2.29. The fourth-order valence-corrected chi connectivity index (χ4v) is 4.02. The topological polar surface area (TPSA) is 38.5 Å². The molecule has 1 aliphatic heterocycles. The Kier molecular flexibility index (Phi) is 5.81. The Morgan fingerprint density at radius 3 is 2.69 bits per heavy atom. The van der Waals surface area contributed by atoms with Gasteiger partial charge in [-0.15, -0.1) is 0 Å². The first-order valence-electron chi connectivity index (χ1n) is 10.3. The molecule has 150 valence electrons. The quantitative estimate of drug-likeness (QED) is 0.541. The third-order valence-corrected chi connectivity index (χ3v) is 5.66. The molecule has 4 heteroatoms. The number of methoxy groups -OCH3 is 1. The van der Waals surface area contributed by atoms with Crippen LogP contribution >= 0.6 is 0 Å². The molecule has 0 atom stereocenters. The van der Waals surface area contributed by atoms with Gasteiger partial charge in [-0.1, -0.05) is 42.8 Å². The van der Waals surface area contributed by atoms with E-state index in [1.54, 1.807) is 7.11 Å². The third kappa shape index (κ3) is 4.28. The minimum Gasteiger partial charge on any atom is -0.496 e. The van der Waals surface area contributed by atoms with Crippen molar-refractivity contribution in [3.63, 3.8) is 0 Å². The van der Waals surface area contributed by atoms with Crippen LogP contribution in [0.25, 0.3) is 16.9 Å². The van der Waals surface area contributed by atoms with Crippen LogP contribution in [-0.2, 0) is 6.54 Å². The maximum absolute atomic E-state index is 6.23. The zero-order valence-corrected chi connectivity index (χ0v) is 17.4. The van der Waals surface area contributed by atoms with E-state index in [0.29, 0.717) is 0 Å². The zero-order valence-electron chi connectivity index (χ0n) is 17.4. The van der Waals surface area contributed by atoms with Crippen LogP contribution in [0.15, 0.2) is 64.7 Å². The molecule has 4 rings (SSSR count). The van der Waals surface area contributed by atoms with Crippen molar-refractivity contribution in [1.29, 1.82) is 0 Å². The molecule has 1 aromatic heterocycles. The number of aryl methyl sites for hydroxylation is 1. The van der Waals surface area contributed by atoms with E-state index in [9.17, 15) is 0 Å². The molecule has 1 aliphatic rings. The van der Waals surface area contributed by atoms with Crippen molar-refractivity contribution in [3.05, 3.63) is 77.3 Å². The van der Waals surface area contributed by atoms with Crippen molar-refractivity contribution < 1.29 is 9.15 Å². The van der Waals surface area contributed by atoms with Gasteiger partial charge in [0.1, 0.15) is 5.75 Å². The average molecular weight is 389 g/mol. The molecule has 2 heterocycles. The lowest BCUT2D eigenvalue weighted by molar-refractivity contribution is 0.288. The van der Waals surface area contributed by atoms with E-state index in [4.69, 9.17) is 9.15 Å². The molecule has 3 aromatic rings. The predicted octanol–water partition coefficient (Wildman–Crippen LogP) is 5.73. The lowest BCUT2D eigenvalue weighted by Crippen LogP contribution is -2.30. The van der Waals surface area contributed by atoms with Crippen LogP contribution in [0.3, 0.4) is 0 Å². The highest BCUT2D eigenvalue weighted by Crippen LogP contribution is 2.32. The van der Waals surface area contributed by atoms with Crippen molar-refractivity contribution in [1.82, 2.24) is 9.88 Å². The summed E-state index contributed by atoms with van der Waals surface area (Å²) in [5, 5.41) is 0. The number of oxazole rings is 1. The molecule has 2 aromatic carbocycles. The summed E-state index contributed by atoms with van der Waals surface area (Å²) in [5.41, 5.74) is 6.15. The highest BCUT2D eigenvalue weighted by Gasteiger charge is 2.23. The minimum absolute atomic E-state index is 0.753. The minimum atomic E-state index is 0.753. The second kappa shape index (κ2) is 8.66. The Morgan fingerprint density at radius 1 is 1.14 bits per heavy atom. The van der Waals surface area contributed by atoms with Crippen LogP contribution in [0, 0.1) is 6.92 Å². The Hall–Kier alpha value is -2.85. The summed E-state index contributed by atoms with van der Waals surface area (Å²) >= 11 is 0. The molecule has 0 N–H and O–H groups in total. The fourth-order valence-electron chi connectivity index (χ4n) is 4.02. The van der Waals surface area contributed by atoms with Gasteiger partial charge in [0.25, 0.3) is 0 Å². The Balaban J connectivity index is 1.57. The third-order valence-electron chi connectivity index (χ3n) is 5.66. The second-order valence-corrected chi connectivity index (χ2v) is 7.60. The van der Waals surface area contributed by atoms with Gasteiger partial charge in [-0.3, -0.25) is 4.90 Å². The first kappa shape index (κ1) is 19.5. The normalized spacial score (nSPS) is 15.0. The van der Waals surface area contributed by atoms with Crippen LogP contribution in [-0.4, -0.2) is 30.1 Å². The number of aromatic nitrogens is 1. The van der Waals surface area contributed by atoms with Gasteiger partial charge in [-0.25, -0.2) is 4.98 Å². The van der Waals surface area contributed by atoms with E-state index < -0.39 is 0 Å².